The Hall–Kier alpha value is -2.02. The third-order valence-corrected chi connectivity index (χ3v) is 4.99. The molecule has 4 rings (SSSR count). The predicted molar refractivity (Wildman–Crippen MR) is 99.2 cm³/mol. The molecule has 2 heterocycles. The van der Waals surface area contributed by atoms with Crippen LogP contribution in [0.25, 0.3) is 0 Å². The molecule has 0 spiro atoms. The molecule has 1 atom stereocenters. The summed E-state index contributed by atoms with van der Waals surface area (Å²) in [5.74, 6) is 1.85. The minimum absolute atomic E-state index is 0.0911. The molecule has 2 aromatic rings. The van der Waals surface area contributed by atoms with Crippen LogP contribution in [0.15, 0.2) is 36.4 Å². The lowest BCUT2D eigenvalue weighted by Crippen LogP contribution is -2.39. The lowest BCUT2D eigenvalue weighted by molar-refractivity contribution is -0.0310. The van der Waals surface area contributed by atoms with Crippen molar-refractivity contribution >= 4 is 11.6 Å². The third kappa shape index (κ3) is 4.46. The molecule has 2 aromatic carbocycles. The zero-order valence-electron chi connectivity index (χ0n) is 14.8. The number of halogens is 2. The zero-order valence-corrected chi connectivity index (χ0v) is 15.6. The number of rotatable bonds is 6. The Bertz CT molecular complexity index is 804. The second-order valence-corrected chi connectivity index (χ2v) is 6.96. The van der Waals surface area contributed by atoms with Gasteiger partial charge in [0.05, 0.1) is 24.3 Å². The Morgan fingerprint density at radius 1 is 1.15 bits per heavy atom. The van der Waals surface area contributed by atoms with Crippen LogP contribution in [0.5, 0.6) is 17.2 Å². The Morgan fingerprint density at radius 3 is 2.93 bits per heavy atom. The van der Waals surface area contributed by atoms with Crippen molar-refractivity contribution < 1.29 is 23.3 Å². The van der Waals surface area contributed by atoms with Gasteiger partial charge in [-0.3, -0.25) is 4.90 Å². The van der Waals surface area contributed by atoms with Crippen molar-refractivity contribution in [2.75, 3.05) is 39.6 Å². The average molecular weight is 394 g/mol. The summed E-state index contributed by atoms with van der Waals surface area (Å²) < 4.78 is 35.6. The van der Waals surface area contributed by atoms with Crippen molar-refractivity contribution in [1.29, 1.82) is 0 Å². The number of morpholine rings is 1. The number of nitrogens with zero attached hydrogens (tertiary/aromatic N) is 1. The Kier molecular flexibility index (Phi) is 5.66. The van der Waals surface area contributed by atoms with Crippen LogP contribution in [0.1, 0.15) is 18.1 Å². The molecule has 27 heavy (non-hydrogen) atoms. The van der Waals surface area contributed by atoms with Crippen LogP contribution in [0.2, 0.25) is 5.02 Å². The van der Waals surface area contributed by atoms with E-state index in [1.54, 1.807) is 12.1 Å². The molecule has 2 aliphatic heterocycles. The first kappa shape index (κ1) is 18.3. The molecule has 0 radical (unpaired) electrons. The summed E-state index contributed by atoms with van der Waals surface area (Å²) in [5, 5.41) is 0.130. The van der Waals surface area contributed by atoms with Gasteiger partial charge in [0.1, 0.15) is 11.6 Å². The van der Waals surface area contributed by atoms with Gasteiger partial charge in [-0.05, 0) is 36.2 Å². The first-order valence-electron chi connectivity index (χ1n) is 9.00. The summed E-state index contributed by atoms with van der Waals surface area (Å²) in [4.78, 5) is 2.33. The van der Waals surface area contributed by atoms with Gasteiger partial charge in [-0.1, -0.05) is 17.7 Å². The quantitative estimate of drug-likeness (QED) is 0.692. The normalized spacial score (nSPS) is 19.3. The van der Waals surface area contributed by atoms with E-state index in [0.29, 0.717) is 13.2 Å². The van der Waals surface area contributed by atoms with Gasteiger partial charge < -0.3 is 18.9 Å². The summed E-state index contributed by atoms with van der Waals surface area (Å²) in [6.07, 6.45) is 0.803. The highest BCUT2D eigenvalue weighted by molar-refractivity contribution is 6.30. The van der Waals surface area contributed by atoms with Crippen molar-refractivity contribution in [2.45, 2.75) is 12.5 Å². The molecule has 5 nitrogen and oxygen atoms in total. The van der Waals surface area contributed by atoms with Crippen LogP contribution >= 0.6 is 11.6 Å². The molecule has 0 aliphatic carbocycles. The van der Waals surface area contributed by atoms with E-state index in [1.165, 1.54) is 6.07 Å². The maximum absolute atomic E-state index is 13.3. The van der Waals surface area contributed by atoms with Gasteiger partial charge in [-0.25, -0.2) is 4.39 Å². The van der Waals surface area contributed by atoms with Gasteiger partial charge in [0.2, 0.25) is 6.79 Å². The van der Waals surface area contributed by atoms with E-state index >= 15 is 0 Å². The molecule has 0 bridgehead atoms. The molecule has 1 saturated heterocycles. The fraction of sp³-hybridized carbons (Fsp3) is 0.400. The molecule has 1 fully saturated rings. The van der Waals surface area contributed by atoms with Gasteiger partial charge in [-0.2, -0.15) is 0 Å². The van der Waals surface area contributed by atoms with Crippen LogP contribution in [-0.2, 0) is 4.74 Å². The smallest absolute Gasteiger partial charge is 0.231 e. The maximum atomic E-state index is 13.3. The van der Waals surface area contributed by atoms with E-state index in [2.05, 4.69) is 4.90 Å². The van der Waals surface area contributed by atoms with Gasteiger partial charge in [0.25, 0.3) is 0 Å². The van der Waals surface area contributed by atoms with E-state index in [-0.39, 0.29) is 17.9 Å². The van der Waals surface area contributed by atoms with Crippen molar-refractivity contribution in [3.05, 3.63) is 52.8 Å². The van der Waals surface area contributed by atoms with E-state index in [1.807, 2.05) is 18.2 Å². The summed E-state index contributed by atoms with van der Waals surface area (Å²) in [5.41, 5.74) is 0.905. The van der Waals surface area contributed by atoms with Crippen LogP contribution in [0.4, 0.5) is 4.39 Å². The first-order chi connectivity index (χ1) is 13.2. The van der Waals surface area contributed by atoms with Crippen molar-refractivity contribution in [1.82, 2.24) is 4.90 Å². The van der Waals surface area contributed by atoms with Crippen LogP contribution < -0.4 is 14.2 Å². The Balaban J connectivity index is 1.24. The first-order valence-corrected chi connectivity index (χ1v) is 9.38. The fourth-order valence-corrected chi connectivity index (χ4v) is 3.45. The average Bonchev–Trinajstić information content (AvgIpc) is 3.15. The number of hydrogen-bond donors (Lipinski definition) is 0. The number of benzene rings is 2. The van der Waals surface area contributed by atoms with Crippen molar-refractivity contribution in [3.63, 3.8) is 0 Å². The molecule has 0 saturated carbocycles. The van der Waals surface area contributed by atoms with E-state index in [9.17, 15) is 4.39 Å². The second kappa shape index (κ2) is 8.33. The topological polar surface area (TPSA) is 40.2 Å². The maximum Gasteiger partial charge on any atom is 0.231 e. The monoisotopic (exact) mass is 393 g/mol. The standard InChI is InChI=1S/C20H21ClFNO4/c21-16-10-14(2-4-17(16)22)20-12-23(7-9-25-20)6-1-8-24-15-3-5-18-19(11-15)27-13-26-18/h2-5,10-11,20H,1,6-9,12-13H2. The number of ether oxygens (including phenoxy) is 4. The van der Waals surface area contributed by atoms with E-state index in [4.69, 9.17) is 30.5 Å². The summed E-state index contributed by atoms with van der Waals surface area (Å²) in [6, 6.07) is 10.4. The third-order valence-electron chi connectivity index (χ3n) is 4.70. The molecule has 0 aromatic heterocycles. The predicted octanol–water partition coefficient (Wildman–Crippen LogP) is 4.05. The van der Waals surface area contributed by atoms with Crippen LogP contribution in [0.3, 0.4) is 0 Å². The highest BCUT2D eigenvalue weighted by atomic mass is 35.5. The molecule has 0 amide bonds. The van der Waals surface area contributed by atoms with Crippen molar-refractivity contribution in [2.24, 2.45) is 0 Å². The molecular weight excluding hydrogens is 373 g/mol. The summed E-state index contributed by atoms with van der Waals surface area (Å²) in [6.45, 7) is 4.05. The minimum atomic E-state index is -0.409. The minimum Gasteiger partial charge on any atom is -0.493 e. The van der Waals surface area contributed by atoms with Gasteiger partial charge in [-0.15, -0.1) is 0 Å². The summed E-state index contributed by atoms with van der Waals surface area (Å²) >= 11 is 5.89. The van der Waals surface area contributed by atoms with Gasteiger partial charge in [0, 0.05) is 25.7 Å². The van der Waals surface area contributed by atoms with E-state index in [0.717, 1.165) is 48.9 Å². The van der Waals surface area contributed by atoms with Gasteiger partial charge in [0.15, 0.2) is 11.5 Å². The zero-order chi connectivity index (χ0) is 18.6. The molecular formula is C20H21ClFNO4. The molecule has 144 valence electrons. The Labute approximate surface area is 162 Å². The molecule has 2 aliphatic rings. The molecule has 0 N–H and O–H groups in total. The largest absolute Gasteiger partial charge is 0.493 e. The van der Waals surface area contributed by atoms with E-state index < -0.39 is 5.82 Å². The highest BCUT2D eigenvalue weighted by Gasteiger charge is 2.22. The lowest BCUT2D eigenvalue weighted by atomic mass is 10.1. The lowest BCUT2D eigenvalue weighted by Gasteiger charge is -2.33. The van der Waals surface area contributed by atoms with Crippen LogP contribution in [0, 0.1) is 5.82 Å². The van der Waals surface area contributed by atoms with Crippen molar-refractivity contribution in [3.8, 4) is 17.2 Å². The Morgan fingerprint density at radius 2 is 2.04 bits per heavy atom. The fourth-order valence-electron chi connectivity index (χ4n) is 3.26. The van der Waals surface area contributed by atoms with Crippen LogP contribution in [-0.4, -0.2) is 44.5 Å². The SMILES string of the molecule is Fc1ccc(C2CN(CCCOc3ccc4c(c3)OCO4)CCO2)cc1Cl. The van der Waals surface area contributed by atoms with Gasteiger partial charge >= 0.3 is 0 Å². The molecule has 7 heteroatoms. The second-order valence-electron chi connectivity index (χ2n) is 6.55. The number of fused-ring (bicyclic) bond motifs is 1. The number of hydrogen-bond acceptors (Lipinski definition) is 5. The highest BCUT2D eigenvalue weighted by Crippen LogP contribution is 2.35. The summed E-state index contributed by atoms with van der Waals surface area (Å²) in [7, 11) is 0. The molecule has 1 unspecified atom stereocenters.